The van der Waals surface area contributed by atoms with Crippen LogP contribution in [0.1, 0.15) is 33.6 Å². The second-order valence-corrected chi connectivity index (χ2v) is 7.56. The van der Waals surface area contributed by atoms with E-state index in [0.717, 1.165) is 24.0 Å². The lowest BCUT2D eigenvalue weighted by atomic mass is 10.2. The molecule has 3 aromatic rings. The van der Waals surface area contributed by atoms with Crippen LogP contribution in [0.2, 0.25) is 0 Å². The summed E-state index contributed by atoms with van der Waals surface area (Å²) in [4.78, 5) is 29.5. The van der Waals surface area contributed by atoms with Gasteiger partial charge in [0.05, 0.1) is 9.88 Å². The van der Waals surface area contributed by atoms with Crippen LogP contribution in [0.15, 0.2) is 42.9 Å². The number of hydrogen-bond donors (Lipinski definition) is 2. The first kappa shape index (κ1) is 17.4. The first-order valence-corrected chi connectivity index (χ1v) is 9.57. The Hall–Kier alpha value is -3.00. The van der Waals surface area contributed by atoms with Crippen molar-refractivity contribution in [3.05, 3.63) is 58.9 Å². The number of anilines is 1. The van der Waals surface area contributed by atoms with Gasteiger partial charge in [0, 0.05) is 36.6 Å². The summed E-state index contributed by atoms with van der Waals surface area (Å²) in [5.41, 5.74) is 1.72. The molecule has 0 spiro atoms. The summed E-state index contributed by atoms with van der Waals surface area (Å²) in [5, 5.41) is 10.8. The number of rotatable bonds is 6. The van der Waals surface area contributed by atoms with Gasteiger partial charge in [0.1, 0.15) is 0 Å². The van der Waals surface area contributed by atoms with E-state index in [0.29, 0.717) is 22.2 Å². The minimum Gasteiger partial charge on any atom is -0.347 e. The number of nitrogens with zero attached hydrogens (tertiary/aromatic N) is 3. The van der Waals surface area contributed by atoms with E-state index in [1.54, 1.807) is 17.1 Å². The molecule has 1 fully saturated rings. The van der Waals surface area contributed by atoms with E-state index >= 15 is 0 Å². The van der Waals surface area contributed by atoms with E-state index in [1.807, 2.05) is 37.4 Å². The Balaban J connectivity index is 1.44. The normalized spacial score (nSPS) is 13.4. The Morgan fingerprint density at radius 1 is 1.30 bits per heavy atom. The zero-order valence-corrected chi connectivity index (χ0v) is 15.6. The molecule has 2 amide bonds. The van der Waals surface area contributed by atoms with Gasteiger partial charge in [-0.3, -0.25) is 9.59 Å². The molecular weight excluding hydrogens is 362 g/mol. The molecular formula is C19H19N5O2S. The molecule has 27 heavy (non-hydrogen) atoms. The van der Waals surface area contributed by atoms with Gasteiger partial charge in [0.25, 0.3) is 5.91 Å². The lowest BCUT2D eigenvalue weighted by Gasteiger charge is -2.09. The maximum absolute atomic E-state index is 12.6. The molecule has 0 atom stereocenters. The zero-order chi connectivity index (χ0) is 18.8. The SMILES string of the molecule is Cc1cc(NC(=O)C2CC2)sc1C(=O)NCc1cccnc1-n1cccn1. The zero-order valence-electron chi connectivity index (χ0n) is 14.8. The highest BCUT2D eigenvalue weighted by atomic mass is 32.1. The summed E-state index contributed by atoms with van der Waals surface area (Å²) in [5.74, 6) is 0.696. The number of pyridine rings is 1. The van der Waals surface area contributed by atoms with Crippen LogP contribution in [-0.2, 0) is 11.3 Å². The van der Waals surface area contributed by atoms with Crippen molar-refractivity contribution in [2.24, 2.45) is 5.92 Å². The third-order valence-electron chi connectivity index (χ3n) is 4.35. The van der Waals surface area contributed by atoms with Gasteiger partial charge in [-0.1, -0.05) is 6.07 Å². The van der Waals surface area contributed by atoms with Crippen LogP contribution < -0.4 is 10.6 Å². The van der Waals surface area contributed by atoms with E-state index in [1.165, 1.54) is 11.3 Å². The topological polar surface area (TPSA) is 88.9 Å². The van der Waals surface area contributed by atoms with Crippen LogP contribution in [0.3, 0.4) is 0 Å². The van der Waals surface area contributed by atoms with Crippen LogP contribution in [-0.4, -0.2) is 26.6 Å². The van der Waals surface area contributed by atoms with Crippen LogP contribution in [0.25, 0.3) is 5.82 Å². The molecule has 0 bridgehead atoms. The smallest absolute Gasteiger partial charge is 0.261 e. The summed E-state index contributed by atoms with van der Waals surface area (Å²) in [6.07, 6.45) is 7.09. The largest absolute Gasteiger partial charge is 0.347 e. The van der Waals surface area contributed by atoms with Crippen molar-refractivity contribution in [2.45, 2.75) is 26.3 Å². The Bertz CT molecular complexity index is 976. The molecule has 0 saturated heterocycles. The molecule has 2 N–H and O–H groups in total. The lowest BCUT2D eigenvalue weighted by Crippen LogP contribution is -2.23. The van der Waals surface area contributed by atoms with Crippen molar-refractivity contribution < 1.29 is 9.59 Å². The number of amides is 2. The molecule has 7 nitrogen and oxygen atoms in total. The summed E-state index contributed by atoms with van der Waals surface area (Å²) in [7, 11) is 0. The maximum atomic E-state index is 12.6. The Kier molecular flexibility index (Phi) is 4.72. The van der Waals surface area contributed by atoms with Crippen molar-refractivity contribution in [3.8, 4) is 5.82 Å². The average molecular weight is 381 g/mol. The summed E-state index contributed by atoms with van der Waals surface area (Å²) in [6, 6.07) is 7.41. The second-order valence-electron chi connectivity index (χ2n) is 6.51. The van der Waals surface area contributed by atoms with Gasteiger partial charge in [-0.2, -0.15) is 5.10 Å². The number of nitrogens with one attached hydrogen (secondary N) is 2. The van der Waals surface area contributed by atoms with E-state index < -0.39 is 0 Å². The standard InChI is InChI=1S/C19H19N5O2S/c1-12-10-15(23-18(25)13-5-6-13)27-16(12)19(26)21-11-14-4-2-7-20-17(14)24-9-3-8-22-24/h2-4,7-10,13H,5-6,11H2,1H3,(H,21,26)(H,23,25). The van der Waals surface area contributed by atoms with E-state index in [4.69, 9.17) is 0 Å². The summed E-state index contributed by atoms with van der Waals surface area (Å²) in [6.45, 7) is 2.21. The molecule has 0 aliphatic heterocycles. The maximum Gasteiger partial charge on any atom is 0.261 e. The number of carbonyl (C=O) groups excluding carboxylic acids is 2. The van der Waals surface area contributed by atoms with Crippen LogP contribution in [0, 0.1) is 12.8 Å². The Morgan fingerprint density at radius 2 is 2.15 bits per heavy atom. The number of aromatic nitrogens is 3. The van der Waals surface area contributed by atoms with Gasteiger partial charge in [-0.05, 0) is 43.5 Å². The molecule has 3 aromatic heterocycles. The minimum absolute atomic E-state index is 0.0439. The van der Waals surface area contributed by atoms with Gasteiger partial charge < -0.3 is 10.6 Å². The molecule has 4 rings (SSSR count). The lowest BCUT2D eigenvalue weighted by molar-refractivity contribution is -0.117. The van der Waals surface area contributed by atoms with Crippen molar-refractivity contribution in [1.82, 2.24) is 20.1 Å². The van der Waals surface area contributed by atoms with Gasteiger partial charge in [0.2, 0.25) is 5.91 Å². The molecule has 1 saturated carbocycles. The van der Waals surface area contributed by atoms with Gasteiger partial charge in [0.15, 0.2) is 5.82 Å². The number of thiophene rings is 1. The molecule has 3 heterocycles. The molecule has 0 aromatic carbocycles. The van der Waals surface area contributed by atoms with Gasteiger partial charge >= 0.3 is 0 Å². The minimum atomic E-state index is -0.167. The predicted octanol–water partition coefficient (Wildman–Crippen LogP) is 2.92. The highest BCUT2D eigenvalue weighted by Gasteiger charge is 2.30. The molecule has 1 aliphatic rings. The van der Waals surface area contributed by atoms with Crippen molar-refractivity contribution in [2.75, 3.05) is 5.32 Å². The summed E-state index contributed by atoms with van der Waals surface area (Å²) >= 11 is 1.30. The van der Waals surface area contributed by atoms with Crippen molar-refractivity contribution >= 4 is 28.2 Å². The number of carbonyl (C=O) groups is 2. The van der Waals surface area contributed by atoms with Crippen LogP contribution in [0.4, 0.5) is 5.00 Å². The van der Waals surface area contributed by atoms with Crippen molar-refractivity contribution in [1.29, 1.82) is 0 Å². The van der Waals surface area contributed by atoms with E-state index in [-0.39, 0.29) is 17.7 Å². The van der Waals surface area contributed by atoms with Crippen molar-refractivity contribution in [3.63, 3.8) is 0 Å². The first-order valence-electron chi connectivity index (χ1n) is 8.75. The molecule has 1 aliphatic carbocycles. The fraction of sp³-hybridized carbons (Fsp3) is 0.263. The third-order valence-corrected chi connectivity index (χ3v) is 5.50. The third kappa shape index (κ3) is 3.90. The van der Waals surface area contributed by atoms with Crippen LogP contribution >= 0.6 is 11.3 Å². The fourth-order valence-corrected chi connectivity index (χ4v) is 3.75. The quantitative estimate of drug-likeness (QED) is 0.687. The molecule has 0 unspecified atom stereocenters. The number of hydrogen-bond acceptors (Lipinski definition) is 5. The average Bonchev–Trinajstić information content (AvgIpc) is 3.26. The monoisotopic (exact) mass is 381 g/mol. The molecule has 138 valence electrons. The Morgan fingerprint density at radius 3 is 2.89 bits per heavy atom. The highest BCUT2D eigenvalue weighted by molar-refractivity contribution is 7.18. The predicted molar refractivity (Wildman–Crippen MR) is 103 cm³/mol. The molecule has 0 radical (unpaired) electrons. The summed E-state index contributed by atoms with van der Waals surface area (Å²) < 4.78 is 1.67. The van der Waals surface area contributed by atoms with E-state index in [2.05, 4.69) is 20.7 Å². The molecule has 8 heteroatoms. The van der Waals surface area contributed by atoms with Gasteiger partial charge in [-0.25, -0.2) is 9.67 Å². The van der Waals surface area contributed by atoms with E-state index in [9.17, 15) is 9.59 Å². The van der Waals surface area contributed by atoms with Crippen LogP contribution in [0.5, 0.6) is 0 Å². The fourth-order valence-electron chi connectivity index (χ4n) is 2.76. The first-order chi connectivity index (χ1) is 13.1. The highest BCUT2D eigenvalue weighted by Crippen LogP contribution is 2.32. The second kappa shape index (κ2) is 7.32. The Labute approximate surface area is 160 Å². The number of aryl methyl sites for hydroxylation is 1. The van der Waals surface area contributed by atoms with Gasteiger partial charge in [-0.15, -0.1) is 11.3 Å².